The third kappa shape index (κ3) is 5.75. The van der Waals surface area contributed by atoms with Gasteiger partial charge in [-0.2, -0.15) is 0 Å². The van der Waals surface area contributed by atoms with E-state index in [4.69, 9.17) is 30.1 Å². The fourth-order valence-corrected chi connectivity index (χ4v) is 8.97. The molecular formula is C47H41N13. The molecule has 10 aromatic rings. The van der Waals surface area contributed by atoms with Crippen LogP contribution in [0, 0.1) is 27.7 Å². The van der Waals surface area contributed by atoms with E-state index in [2.05, 4.69) is 103 Å². The van der Waals surface area contributed by atoms with Gasteiger partial charge in [0, 0.05) is 78.2 Å². The van der Waals surface area contributed by atoms with E-state index in [9.17, 15) is 0 Å². The third-order valence-corrected chi connectivity index (χ3v) is 12.4. The Labute approximate surface area is 345 Å². The van der Waals surface area contributed by atoms with Gasteiger partial charge in [-0.15, -0.1) is 10.2 Å². The van der Waals surface area contributed by atoms with Crippen LogP contribution in [0.4, 0.5) is 5.69 Å². The van der Waals surface area contributed by atoms with Crippen LogP contribution in [-0.2, 0) is 0 Å². The van der Waals surface area contributed by atoms with E-state index >= 15 is 0 Å². The van der Waals surface area contributed by atoms with Gasteiger partial charge in [-0.25, -0.2) is 29.0 Å². The monoisotopic (exact) mass is 787 g/mol. The van der Waals surface area contributed by atoms with Crippen molar-refractivity contribution in [2.24, 2.45) is 0 Å². The zero-order chi connectivity index (χ0) is 40.2. The fraction of sp³-hybridized carbons (Fsp3) is 0.234. The number of hydrogen-bond acceptors (Lipinski definition) is 9. The first kappa shape index (κ1) is 34.7. The Balaban J connectivity index is 0.840. The first-order chi connectivity index (χ1) is 29.3. The van der Waals surface area contributed by atoms with Crippen molar-refractivity contribution >= 4 is 28.3 Å². The molecule has 0 N–H and O–H groups in total. The minimum absolute atomic E-state index is 0.428. The van der Waals surface area contributed by atoms with Crippen LogP contribution in [-0.4, -0.2) is 71.0 Å². The van der Waals surface area contributed by atoms with Crippen molar-refractivity contribution in [1.82, 2.24) is 57.9 Å². The molecule has 9 heterocycles. The van der Waals surface area contributed by atoms with Gasteiger partial charge in [0.2, 0.25) is 0 Å². The molecule has 0 bridgehead atoms. The minimum Gasteiger partial charge on any atom is -0.372 e. The highest BCUT2D eigenvalue weighted by molar-refractivity contribution is 5.73. The standard InChI is InChI=1S/C47H41N13/c1-27-23-48-29(3)46-52-44(54-59(27)46)33-10-14-57-25-40(50-42(57)20-33)32-9-7-8-31(16-32)38-22-39(38)35-17-36(19-37(18-35)56-12-5-6-13-56)41-26-58-15-11-34(21-43(58)51-41)45-53-47-30(4)49-24-28(2)60(47)55-45/h7-11,14-21,23-26,38-39H,5-6,12-13,22H2,1-4H3. The van der Waals surface area contributed by atoms with Crippen LogP contribution in [0.25, 0.3) is 67.9 Å². The van der Waals surface area contributed by atoms with Crippen molar-refractivity contribution in [2.45, 2.75) is 58.8 Å². The number of aromatic nitrogens is 12. The number of hydrogen-bond donors (Lipinski definition) is 0. The maximum absolute atomic E-state index is 5.18. The molecule has 13 heteroatoms. The van der Waals surface area contributed by atoms with E-state index < -0.39 is 0 Å². The van der Waals surface area contributed by atoms with Gasteiger partial charge in [0.25, 0.3) is 0 Å². The molecule has 0 amide bonds. The topological polar surface area (TPSA) is 124 Å². The highest BCUT2D eigenvalue weighted by atomic mass is 15.3. The van der Waals surface area contributed by atoms with Crippen molar-refractivity contribution in [3.8, 4) is 45.3 Å². The smallest absolute Gasteiger partial charge is 0.182 e. The van der Waals surface area contributed by atoms with Crippen molar-refractivity contribution < 1.29 is 0 Å². The van der Waals surface area contributed by atoms with Crippen molar-refractivity contribution in [1.29, 1.82) is 0 Å². The lowest BCUT2D eigenvalue weighted by molar-refractivity contribution is 0.891. The predicted octanol–water partition coefficient (Wildman–Crippen LogP) is 8.63. The van der Waals surface area contributed by atoms with Gasteiger partial charge in [0.05, 0.1) is 34.2 Å². The number of imidazole rings is 2. The van der Waals surface area contributed by atoms with Crippen LogP contribution in [0.5, 0.6) is 0 Å². The van der Waals surface area contributed by atoms with Crippen LogP contribution >= 0.6 is 0 Å². The molecule has 294 valence electrons. The zero-order valence-corrected chi connectivity index (χ0v) is 33.8. The number of nitrogens with zero attached hydrogens (tertiary/aromatic N) is 13. The molecule has 2 aliphatic rings. The highest BCUT2D eigenvalue weighted by Gasteiger charge is 2.40. The van der Waals surface area contributed by atoms with Gasteiger partial charge in [0.15, 0.2) is 22.9 Å². The summed E-state index contributed by atoms with van der Waals surface area (Å²) in [5.74, 6) is 2.19. The van der Waals surface area contributed by atoms with Crippen LogP contribution in [0.2, 0.25) is 0 Å². The normalized spacial score (nSPS) is 16.6. The second kappa shape index (κ2) is 13.1. The molecule has 1 saturated carbocycles. The highest BCUT2D eigenvalue weighted by Crippen LogP contribution is 2.56. The summed E-state index contributed by atoms with van der Waals surface area (Å²) in [6.45, 7) is 10.1. The van der Waals surface area contributed by atoms with E-state index in [1.54, 1.807) is 0 Å². The maximum Gasteiger partial charge on any atom is 0.182 e. The molecule has 1 saturated heterocycles. The largest absolute Gasteiger partial charge is 0.372 e. The lowest BCUT2D eigenvalue weighted by Gasteiger charge is -2.20. The summed E-state index contributed by atoms with van der Waals surface area (Å²) in [6.07, 6.45) is 15.5. The molecule has 1 aliphatic heterocycles. The summed E-state index contributed by atoms with van der Waals surface area (Å²) in [5, 5.41) is 9.59. The van der Waals surface area contributed by atoms with E-state index in [0.717, 1.165) is 98.5 Å². The van der Waals surface area contributed by atoms with Crippen LogP contribution < -0.4 is 4.90 Å². The number of fused-ring (bicyclic) bond motifs is 4. The van der Waals surface area contributed by atoms with Crippen LogP contribution in [0.1, 0.15) is 65.0 Å². The molecule has 12 rings (SSSR count). The van der Waals surface area contributed by atoms with Gasteiger partial charge >= 0.3 is 0 Å². The number of benzene rings is 2. The minimum atomic E-state index is 0.428. The first-order valence-electron chi connectivity index (χ1n) is 20.7. The summed E-state index contributed by atoms with van der Waals surface area (Å²) in [6, 6.07) is 24.3. The lowest BCUT2D eigenvalue weighted by atomic mass is 9.99. The van der Waals surface area contributed by atoms with Gasteiger partial charge in [-0.3, -0.25) is 9.97 Å². The summed E-state index contributed by atoms with van der Waals surface area (Å²) >= 11 is 0. The average Bonchev–Trinajstić information content (AvgIpc) is 3.92. The molecule has 2 atom stereocenters. The maximum atomic E-state index is 5.18. The molecular weight excluding hydrogens is 747 g/mol. The van der Waals surface area contributed by atoms with E-state index in [-0.39, 0.29) is 0 Å². The molecule has 2 aromatic carbocycles. The van der Waals surface area contributed by atoms with Crippen LogP contribution in [0.3, 0.4) is 0 Å². The molecule has 0 radical (unpaired) electrons. The SMILES string of the molecule is Cc1ncc(C)n2nc(-c3ccn4cc(-c5cccc(C6CC6c6cc(-c7cn8ccc(-c9nc%10c(C)ncc(C)n%10n9)cc8n7)cc(N7CCCC7)c6)c5)nc4c3)nc12. The Hall–Kier alpha value is -7.28. The molecule has 2 fully saturated rings. The van der Waals surface area contributed by atoms with E-state index in [1.165, 1.54) is 29.7 Å². The van der Waals surface area contributed by atoms with E-state index in [0.29, 0.717) is 23.5 Å². The number of rotatable bonds is 7. The van der Waals surface area contributed by atoms with Gasteiger partial charge < -0.3 is 13.7 Å². The van der Waals surface area contributed by atoms with Crippen LogP contribution in [0.15, 0.2) is 104 Å². The Morgan fingerprint density at radius 1 is 0.550 bits per heavy atom. The van der Waals surface area contributed by atoms with Gasteiger partial charge in [-0.05, 0) is 118 Å². The summed E-state index contributed by atoms with van der Waals surface area (Å²) < 4.78 is 7.88. The van der Waals surface area contributed by atoms with Gasteiger partial charge in [-0.1, -0.05) is 18.2 Å². The second-order valence-electron chi connectivity index (χ2n) is 16.5. The number of pyridine rings is 2. The third-order valence-electron chi connectivity index (χ3n) is 12.4. The van der Waals surface area contributed by atoms with E-state index in [1.807, 2.05) is 61.4 Å². The fourth-order valence-electron chi connectivity index (χ4n) is 8.97. The summed E-state index contributed by atoms with van der Waals surface area (Å²) in [7, 11) is 0. The Morgan fingerprint density at radius 2 is 1.12 bits per heavy atom. The Bertz CT molecular complexity index is 3260. The number of aryl methyl sites for hydroxylation is 4. The Kier molecular flexibility index (Phi) is 7.59. The van der Waals surface area contributed by atoms with Crippen molar-refractivity contribution in [3.05, 3.63) is 138 Å². The lowest BCUT2D eigenvalue weighted by Crippen LogP contribution is -2.17. The molecule has 8 aromatic heterocycles. The molecule has 60 heavy (non-hydrogen) atoms. The molecule has 1 aliphatic carbocycles. The predicted molar refractivity (Wildman–Crippen MR) is 231 cm³/mol. The average molecular weight is 788 g/mol. The summed E-state index contributed by atoms with van der Waals surface area (Å²) in [5.41, 5.74) is 16.9. The van der Waals surface area contributed by atoms with Gasteiger partial charge in [0.1, 0.15) is 11.3 Å². The Morgan fingerprint density at radius 3 is 1.72 bits per heavy atom. The quantitative estimate of drug-likeness (QED) is 0.156. The summed E-state index contributed by atoms with van der Waals surface area (Å²) in [4.78, 5) is 31.4. The van der Waals surface area contributed by atoms with Crippen molar-refractivity contribution in [2.75, 3.05) is 18.0 Å². The zero-order valence-electron chi connectivity index (χ0n) is 33.8. The molecule has 2 unspecified atom stereocenters. The van der Waals surface area contributed by atoms with Crippen molar-refractivity contribution in [3.63, 3.8) is 0 Å². The first-order valence-corrected chi connectivity index (χ1v) is 20.7. The number of anilines is 1. The molecule has 0 spiro atoms. The second-order valence-corrected chi connectivity index (χ2v) is 16.5. The molecule has 13 nitrogen and oxygen atoms in total.